The number of nitrogens with zero attached hydrogens (tertiary/aromatic N) is 1. The highest BCUT2D eigenvalue weighted by molar-refractivity contribution is 7.90. The van der Waals surface area contributed by atoms with Crippen LogP contribution in [-0.4, -0.2) is 14.2 Å². The Balaban J connectivity index is 2.99. The van der Waals surface area contributed by atoms with Gasteiger partial charge in [0.1, 0.15) is 5.82 Å². The number of benzene rings is 1. The molecule has 0 radical (unpaired) electrons. The normalized spacial score (nSPS) is 11.1. The van der Waals surface area contributed by atoms with E-state index in [-0.39, 0.29) is 17.1 Å². The molecular weight excluding hydrogens is 229 g/mol. The molecule has 0 bridgehead atoms. The second-order valence-corrected chi connectivity index (χ2v) is 5.74. The first-order valence-corrected chi connectivity index (χ1v) is 6.69. The summed E-state index contributed by atoms with van der Waals surface area (Å²) in [5, 5.41) is 8.62. The van der Waals surface area contributed by atoms with Crippen molar-refractivity contribution in [3.63, 3.8) is 0 Å². The molecule has 0 unspecified atom stereocenters. The van der Waals surface area contributed by atoms with E-state index in [0.717, 1.165) is 12.1 Å². The van der Waals surface area contributed by atoms with Gasteiger partial charge in [-0.25, -0.2) is 12.8 Å². The lowest BCUT2D eigenvalue weighted by Gasteiger charge is -2.03. The zero-order valence-corrected chi connectivity index (χ0v) is 9.72. The van der Waals surface area contributed by atoms with Gasteiger partial charge in [-0.05, 0) is 30.2 Å². The van der Waals surface area contributed by atoms with E-state index in [1.165, 1.54) is 6.07 Å². The number of rotatable bonds is 4. The maximum absolute atomic E-state index is 13.0. The third-order valence-corrected chi connectivity index (χ3v) is 3.79. The van der Waals surface area contributed by atoms with Crippen LogP contribution in [0.5, 0.6) is 0 Å². The van der Waals surface area contributed by atoms with Crippen LogP contribution >= 0.6 is 0 Å². The molecule has 0 aliphatic rings. The van der Waals surface area contributed by atoms with Crippen LogP contribution in [0.1, 0.15) is 24.5 Å². The van der Waals surface area contributed by atoms with Gasteiger partial charge in [-0.1, -0.05) is 6.92 Å². The van der Waals surface area contributed by atoms with Crippen molar-refractivity contribution in [1.82, 2.24) is 0 Å². The monoisotopic (exact) mass is 241 g/mol. The summed E-state index contributed by atoms with van der Waals surface area (Å²) in [7, 11) is -3.20. The van der Waals surface area contributed by atoms with Crippen molar-refractivity contribution in [3.8, 4) is 6.07 Å². The fourth-order valence-electron chi connectivity index (χ4n) is 1.44. The molecular formula is C11H12FNO2S. The quantitative estimate of drug-likeness (QED) is 0.810. The lowest BCUT2D eigenvalue weighted by molar-refractivity contribution is 0.593. The molecule has 16 heavy (non-hydrogen) atoms. The number of hydrogen-bond donors (Lipinski definition) is 0. The van der Waals surface area contributed by atoms with Crippen molar-refractivity contribution < 1.29 is 12.8 Å². The van der Waals surface area contributed by atoms with Crippen molar-refractivity contribution in [3.05, 3.63) is 35.1 Å². The summed E-state index contributed by atoms with van der Waals surface area (Å²) in [6.07, 6.45) is 0.531. The molecule has 1 rings (SSSR count). The maximum atomic E-state index is 13.0. The van der Waals surface area contributed by atoms with Crippen molar-refractivity contribution in [2.45, 2.75) is 19.1 Å². The SMILES string of the molecule is CCCS(=O)(=O)Cc1cc(F)cc(C#N)c1. The standard InChI is InChI=1S/C11H12FNO2S/c1-2-3-16(14,15)8-10-4-9(7-13)5-11(12)6-10/h4-6H,2-3,8H2,1H3. The minimum atomic E-state index is -3.20. The van der Waals surface area contributed by atoms with Crippen molar-refractivity contribution in [2.24, 2.45) is 0 Å². The molecule has 0 fully saturated rings. The van der Waals surface area contributed by atoms with E-state index in [1.807, 2.05) is 0 Å². The summed E-state index contributed by atoms with van der Waals surface area (Å²) < 4.78 is 36.0. The van der Waals surface area contributed by atoms with Crippen molar-refractivity contribution in [2.75, 3.05) is 5.75 Å². The van der Waals surface area contributed by atoms with Crippen LogP contribution in [0.3, 0.4) is 0 Å². The molecule has 0 atom stereocenters. The Labute approximate surface area is 94.4 Å². The second-order valence-electron chi connectivity index (χ2n) is 3.55. The molecule has 1 aromatic rings. The molecule has 0 aromatic heterocycles. The third-order valence-electron chi connectivity index (χ3n) is 1.99. The van der Waals surface area contributed by atoms with E-state index in [2.05, 4.69) is 0 Å². The zero-order chi connectivity index (χ0) is 12.2. The van der Waals surface area contributed by atoms with Gasteiger partial charge in [0, 0.05) is 0 Å². The first-order valence-electron chi connectivity index (χ1n) is 4.87. The van der Waals surface area contributed by atoms with Crippen LogP contribution in [0, 0.1) is 17.1 Å². The maximum Gasteiger partial charge on any atom is 0.154 e. The Kier molecular flexibility index (Phi) is 4.02. The summed E-state index contributed by atoms with van der Waals surface area (Å²) in [4.78, 5) is 0. The Bertz CT molecular complexity index is 517. The molecule has 0 saturated carbocycles. The Morgan fingerprint density at radius 3 is 2.62 bits per heavy atom. The second kappa shape index (κ2) is 5.08. The number of hydrogen-bond acceptors (Lipinski definition) is 3. The van der Waals surface area contributed by atoms with E-state index in [1.54, 1.807) is 13.0 Å². The van der Waals surface area contributed by atoms with Gasteiger partial charge in [0.2, 0.25) is 0 Å². The van der Waals surface area contributed by atoms with E-state index < -0.39 is 15.7 Å². The first kappa shape index (κ1) is 12.7. The molecule has 0 amide bonds. The van der Waals surface area contributed by atoms with Crippen LogP contribution in [-0.2, 0) is 15.6 Å². The van der Waals surface area contributed by atoms with Gasteiger partial charge < -0.3 is 0 Å². The molecule has 0 N–H and O–H groups in total. The largest absolute Gasteiger partial charge is 0.228 e. The molecule has 0 heterocycles. The van der Waals surface area contributed by atoms with E-state index in [0.29, 0.717) is 12.0 Å². The average Bonchev–Trinajstić information content (AvgIpc) is 2.15. The Morgan fingerprint density at radius 2 is 2.06 bits per heavy atom. The first-order chi connectivity index (χ1) is 7.46. The third kappa shape index (κ3) is 3.63. The predicted octanol–water partition coefficient (Wildman–Crippen LogP) is 2.02. The van der Waals surface area contributed by atoms with Crippen LogP contribution in [0.25, 0.3) is 0 Å². The van der Waals surface area contributed by atoms with Crippen LogP contribution in [0.4, 0.5) is 4.39 Å². The molecule has 0 saturated heterocycles. The highest BCUT2D eigenvalue weighted by atomic mass is 32.2. The van der Waals surface area contributed by atoms with E-state index >= 15 is 0 Å². The molecule has 0 spiro atoms. The number of sulfone groups is 1. The summed E-state index contributed by atoms with van der Waals surface area (Å²) in [5.74, 6) is -0.723. The Morgan fingerprint density at radius 1 is 1.38 bits per heavy atom. The van der Waals surface area contributed by atoms with E-state index in [9.17, 15) is 12.8 Å². The summed E-state index contributed by atoms with van der Waals surface area (Å²) in [5.41, 5.74) is 0.465. The molecule has 1 aromatic carbocycles. The van der Waals surface area contributed by atoms with Crippen LogP contribution in [0.15, 0.2) is 18.2 Å². The van der Waals surface area contributed by atoms with Gasteiger partial charge in [0.15, 0.2) is 9.84 Å². The van der Waals surface area contributed by atoms with Crippen LogP contribution in [0.2, 0.25) is 0 Å². The Hall–Kier alpha value is -1.41. The minimum Gasteiger partial charge on any atom is -0.228 e. The highest BCUT2D eigenvalue weighted by Crippen LogP contribution is 2.12. The highest BCUT2D eigenvalue weighted by Gasteiger charge is 2.12. The van der Waals surface area contributed by atoms with Gasteiger partial charge in [-0.2, -0.15) is 5.26 Å². The lowest BCUT2D eigenvalue weighted by Crippen LogP contribution is -2.08. The molecule has 3 nitrogen and oxygen atoms in total. The van der Waals surface area contributed by atoms with E-state index in [4.69, 9.17) is 5.26 Å². The zero-order valence-electron chi connectivity index (χ0n) is 8.90. The summed E-state index contributed by atoms with van der Waals surface area (Å²) in [6, 6.07) is 5.42. The fraction of sp³-hybridized carbons (Fsp3) is 0.364. The molecule has 5 heteroatoms. The van der Waals surface area contributed by atoms with Gasteiger partial charge in [0.25, 0.3) is 0 Å². The molecule has 86 valence electrons. The lowest BCUT2D eigenvalue weighted by atomic mass is 10.1. The predicted molar refractivity (Wildman–Crippen MR) is 58.9 cm³/mol. The molecule has 0 aliphatic carbocycles. The fourth-order valence-corrected chi connectivity index (χ4v) is 2.88. The number of nitriles is 1. The van der Waals surface area contributed by atoms with Gasteiger partial charge in [-0.3, -0.25) is 0 Å². The van der Waals surface area contributed by atoms with Gasteiger partial charge >= 0.3 is 0 Å². The summed E-state index contributed by atoms with van der Waals surface area (Å²) >= 11 is 0. The van der Waals surface area contributed by atoms with Crippen molar-refractivity contribution in [1.29, 1.82) is 5.26 Å². The smallest absolute Gasteiger partial charge is 0.154 e. The summed E-state index contributed by atoms with van der Waals surface area (Å²) in [6.45, 7) is 1.77. The van der Waals surface area contributed by atoms with Crippen LogP contribution < -0.4 is 0 Å². The minimum absolute atomic E-state index is 0.0748. The number of halogens is 1. The molecule has 0 aliphatic heterocycles. The van der Waals surface area contributed by atoms with Gasteiger partial charge in [-0.15, -0.1) is 0 Å². The van der Waals surface area contributed by atoms with Crippen molar-refractivity contribution >= 4 is 9.84 Å². The topological polar surface area (TPSA) is 57.9 Å². The van der Waals surface area contributed by atoms with Gasteiger partial charge in [0.05, 0.1) is 23.1 Å². The average molecular weight is 241 g/mol.